The Kier molecular flexibility index (Phi) is 7.02. The van der Waals surface area contributed by atoms with Gasteiger partial charge in [-0.15, -0.1) is 0 Å². The zero-order chi connectivity index (χ0) is 35.5. The molecule has 0 radical (unpaired) electrons. The summed E-state index contributed by atoms with van der Waals surface area (Å²) in [6.07, 6.45) is 0. The number of hydrogen-bond acceptors (Lipinski definition) is 6. The molecule has 0 atom stereocenters. The summed E-state index contributed by atoms with van der Waals surface area (Å²) in [7, 11) is -3.68. The van der Waals surface area contributed by atoms with Gasteiger partial charge in [-0.25, -0.2) is 18.4 Å². The van der Waals surface area contributed by atoms with Crippen LogP contribution in [0.25, 0.3) is 78.3 Å². The minimum atomic E-state index is -3.68. The molecule has 0 saturated heterocycles. The van der Waals surface area contributed by atoms with Crippen molar-refractivity contribution in [2.45, 2.75) is 9.79 Å². The van der Waals surface area contributed by atoms with Gasteiger partial charge in [0, 0.05) is 27.6 Å². The lowest BCUT2D eigenvalue weighted by Crippen LogP contribution is -2.06. The van der Waals surface area contributed by atoms with E-state index in [2.05, 4.69) is 39.5 Å². The molecular weight excluding hydrogens is 677 g/mol. The van der Waals surface area contributed by atoms with Gasteiger partial charge in [0.2, 0.25) is 15.8 Å². The molecule has 10 aromatic rings. The van der Waals surface area contributed by atoms with E-state index in [-0.39, 0.29) is 9.79 Å². The Labute approximate surface area is 304 Å². The number of benzene rings is 6. The average molecular weight is 705 g/mol. The highest BCUT2D eigenvalue weighted by atomic mass is 32.2. The molecular formula is C44H28N6O2S. The third-order valence-electron chi connectivity index (χ3n) is 9.61. The van der Waals surface area contributed by atoms with Gasteiger partial charge in [-0.05, 0) is 54.6 Å². The van der Waals surface area contributed by atoms with Gasteiger partial charge in [-0.2, -0.15) is 9.97 Å². The second-order valence-electron chi connectivity index (χ2n) is 12.8. The van der Waals surface area contributed by atoms with Crippen LogP contribution in [0.5, 0.6) is 0 Å². The molecule has 9 heteroatoms. The molecule has 6 aromatic carbocycles. The zero-order valence-corrected chi connectivity index (χ0v) is 28.9. The Morgan fingerprint density at radius 2 is 0.849 bits per heavy atom. The molecule has 0 aliphatic rings. The van der Waals surface area contributed by atoms with Crippen LogP contribution in [0.15, 0.2) is 180 Å². The van der Waals surface area contributed by atoms with Crippen LogP contribution < -0.4 is 0 Å². The maximum Gasteiger partial charge on any atom is 0.238 e. The van der Waals surface area contributed by atoms with E-state index in [1.54, 1.807) is 42.5 Å². The Morgan fingerprint density at radius 1 is 0.396 bits per heavy atom. The number of aromatic nitrogens is 6. The van der Waals surface area contributed by atoms with Gasteiger partial charge in [0.1, 0.15) is 0 Å². The molecule has 0 unspecified atom stereocenters. The monoisotopic (exact) mass is 704 g/mol. The van der Waals surface area contributed by atoms with Gasteiger partial charge < -0.3 is 4.57 Å². The number of pyridine rings is 1. The van der Waals surface area contributed by atoms with E-state index in [1.165, 1.54) is 0 Å². The molecule has 4 heterocycles. The van der Waals surface area contributed by atoms with Crippen LogP contribution in [-0.4, -0.2) is 37.5 Å². The molecule has 0 aliphatic heterocycles. The fourth-order valence-corrected chi connectivity index (χ4v) is 8.41. The first-order valence-corrected chi connectivity index (χ1v) is 18.6. The van der Waals surface area contributed by atoms with E-state index in [1.807, 2.05) is 97.1 Å². The average Bonchev–Trinajstić information content (AvgIpc) is 3.73. The lowest BCUT2D eigenvalue weighted by atomic mass is 10.2. The van der Waals surface area contributed by atoms with Crippen LogP contribution in [0.3, 0.4) is 0 Å². The highest BCUT2D eigenvalue weighted by Crippen LogP contribution is 2.38. The van der Waals surface area contributed by atoms with Crippen molar-refractivity contribution in [3.63, 3.8) is 0 Å². The van der Waals surface area contributed by atoms with Crippen molar-refractivity contribution in [3.05, 3.63) is 170 Å². The summed E-state index contributed by atoms with van der Waals surface area (Å²) >= 11 is 0. The predicted octanol–water partition coefficient (Wildman–Crippen LogP) is 9.63. The molecule has 0 saturated carbocycles. The van der Waals surface area contributed by atoms with Gasteiger partial charge in [0.05, 0.1) is 42.9 Å². The zero-order valence-electron chi connectivity index (χ0n) is 28.1. The van der Waals surface area contributed by atoms with Crippen molar-refractivity contribution < 1.29 is 8.42 Å². The fourth-order valence-electron chi connectivity index (χ4n) is 7.13. The number of fused-ring (bicyclic) bond motifs is 6. The van der Waals surface area contributed by atoms with Crippen LogP contribution >= 0.6 is 0 Å². The topological polar surface area (TPSA) is 95.6 Å². The maximum absolute atomic E-state index is 13.5. The normalized spacial score (nSPS) is 11.9. The highest BCUT2D eigenvalue weighted by molar-refractivity contribution is 7.91. The lowest BCUT2D eigenvalue weighted by Gasteiger charge is -2.12. The smallest absolute Gasteiger partial charge is 0.238 e. The first-order valence-electron chi connectivity index (χ1n) is 17.2. The van der Waals surface area contributed by atoms with E-state index in [9.17, 15) is 8.42 Å². The number of sulfone groups is 1. The van der Waals surface area contributed by atoms with Crippen molar-refractivity contribution in [2.24, 2.45) is 0 Å². The minimum absolute atomic E-state index is 0.229. The molecule has 0 spiro atoms. The Balaban J connectivity index is 1.24. The summed E-state index contributed by atoms with van der Waals surface area (Å²) in [5.74, 6) is 1.60. The second kappa shape index (κ2) is 12.1. The summed E-state index contributed by atoms with van der Waals surface area (Å²) in [6.45, 7) is 0. The summed E-state index contributed by atoms with van der Waals surface area (Å²) in [5, 5.41) is 1.96. The van der Waals surface area contributed by atoms with Crippen LogP contribution in [-0.2, 0) is 9.84 Å². The number of para-hydroxylation sites is 2. The van der Waals surface area contributed by atoms with E-state index >= 15 is 0 Å². The Bertz CT molecular complexity index is 3050. The number of nitrogens with zero attached hydrogens (tertiary/aromatic N) is 6. The third kappa shape index (κ3) is 5.01. The molecule has 0 aliphatic carbocycles. The van der Waals surface area contributed by atoms with Crippen LogP contribution in [0.4, 0.5) is 0 Å². The first-order chi connectivity index (χ1) is 26.0. The van der Waals surface area contributed by atoms with Gasteiger partial charge in [-0.3, -0.25) is 4.57 Å². The van der Waals surface area contributed by atoms with Crippen LogP contribution in [0.2, 0.25) is 0 Å². The minimum Gasteiger partial charge on any atom is -0.308 e. The summed E-state index contributed by atoms with van der Waals surface area (Å²) in [6, 6.07) is 53.9. The Morgan fingerprint density at radius 3 is 1.42 bits per heavy atom. The predicted molar refractivity (Wildman–Crippen MR) is 209 cm³/mol. The molecule has 53 heavy (non-hydrogen) atoms. The van der Waals surface area contributed by atoms with E-state index in [4.69, 9.17) is 19.9 Å². The molecule has 8 nitrogen and oxygen atoms in total. The standard InChI is InChI=1S/C44H28N6O2S/c51-53(52,32-18-8-3-9-19-32)33-26-24-31(25-27-33)49-36-22-12-10-20-34(36)40-38(49)28-39-41(45-40)35-21-11-13-23-37(35)50(39)44-47-42(29-14-4-1-5-15-29)46-43(48-44)30-16-6-2-7-17-30/h1-28H. The molecule has 0 amide bonds. The SMILES string of the molecule is O=S(=O)(c1ccccc1)c1ccc(-n2c3ccccc3c3nc4c5ccccc5n(-c5nc(-c6ccccc6)nc(-c6ccccc6)n5)c4cc32)cc1. The van der Waals surface area contributed by atoms with E-state index < -0.39 is 9.84 Å². The van der Waals surface area contributed by atoms with E-state index in [0.717, 1.165) is 60.7 Å². The molecule has 0 N–H and O–H groups in total. The molecule has 0 bridgehead atoms. The molecule has 4 aromatic heterocycles. The quantitative estimate of drug-likeness (QED) is 0.171. The van der Waals surface area contributed by atoms with Crippen molar-refractivity contribution in [1.29, 1.82) is 0 Å². The van der Waals surface area contributed by atoms with Gasteiger partial charge in [-0.1, -0.05) is 115 Å². The van der Waals surface area contributed by atoms with Crippen molar-refractivity contribution >= 4 is 53.7 Å². The first kappa shape index (κ1) is 30.8. The second-order valence-corrected chi connectivity index (χ2v) is 14.7. The van der Waals surface area contributed by atoms with Gasteiger partial charge in [0.25, 0.3) is 0 Å². The number of hydrogen-bond donors (Lipinski definition) is 0. The molecule has 0 fully saturated rings. The molecule has 10 rings (SSSR count). The van der Waals surface area contributed by atoms with E-state index in [0.29, 0.717) is 17.6 Å². The number of rotatable bonds is 6. The fraction of sp³-hybridized carbons (Fsp3) is 0. The lowest BCUT2D eigenvalue weighted by molar-refractivity contribution is 0.596. The highest BCUT2D eigenvalue weighted by Gasteiger charge is 2.23. The van der Waals surface area contributed by atoms with Crippen molar-refractivity contribution in [1.82, 2.24) is 29.1 Å². The summed E-state index contributed by atoms with van der Waals surface area (Å²) < 4.78 is 31.1. The largest absolute Gasteiger partial charge is 0.308 e. The van der Waals surface area contributed by atoms with Crippen molar-refractivity contribution in [3.8, 4) is 34.4 Å². The molecule has 252 valence electrons. The van der Waals surface area contributed by atoms with Crippen LogP contribution in [0, 0.1) is 0 Å². The Hall–Kier alpha value is -6.97. The summed E-state index contributed by atoms with van der Waals surface area (Å²) in [4.78, 5) is 20.9. The third-order valence-corrected chi connectivity index (χ3v) is 11.4. The van der Waals surface area contributed by atoms with Crippen molar-refractivity contribution in [2.75, 3.05) is 0 Å². The van der Waals surface area contributed by atoms with Crippen LogP contribution in [0.1, 0.15) is 0 Å². The summed E-state index contributed by atoms with van der Waals surface area (Å²) in [5.41, 5.74) is 7.79. The van der Waals surface area contributed by atoms with Gasteiger partial charge in [0.15, 0.2) is 11.6 Å². The van der Waals surface area contributed by atoms with Gasteiger partial charge >= 0.3 is 0 Å². The maximum atomic E-state index is 13.5.